The smallest absolute Gasteiger partial charge is 0.410 e. The first-order chi connectivity index (χ1) is 20.4. The van der Waals surface area contributed by atoms with Gasteiger partial charge in [0.05, 0.1) is 11.5 Å². The molecule has 0 spiro atoms. The number of amides is 2. The van der Waals surface area contributed by atoms with Crippen LogP contribution < -0.4 is 10.1 Å². The topological polar surface area (TPSA) is 118 Å². The second kappa shape index (κ2) is 12.3. The zero-order valence-electron chi connectivity index (χ0n) is 24.9. The molecule has 5 rings (SSSR count). The van der Waals surface area contributed by atoms with Gasteiger partial charge in [-0.25, -0.2) is 13.2 Å². The number of rotatable bonds is 10. The van der Waals surface area contributed by atoms with Crippen LogP contribution in [0.3, 0.4) is 0 Å². The van der Waals surface area contributed by atoms with Crippen molar-refractivity contribution in [2.24, 2.45) is 11.8 Å². The second-order valence-electron chi connectivity index (χ2n) is 11.9. The molecule has 43 heavy (non-hydrogen) atoms. The van der Waals surface area contributed by atoms with Gasteiger partial charge in [-0.3, -0.25) is 9.78 Å². The van der Waals surface area contributed by atoms with Crippen LogP contribution in [0.4, 0.5) is 4.79 Å². The molecular formula is C32H38N4O6S. The summed E-state index contributed by atoms with van der Waals surface area (Å²) in [6, 6.07) is 17.0. The van der Waals surface area contributed by atoms with Crippen molar-refractivity contribution in [3.8, 4) is 5.75 Å². The molecular weight excluding hydrogens is 568 g/mol. The molecule has 2 fully saturated rings. The normalized spacial score (nSPS) is 19.6. The van der Waals surface area contributed by atoms with Gasteiger partial charge < -0.3 is 19.7 Å². The van der Waals surface area contributed by atoms with Crippen LogP contribution in [0.25, 0.3) is 0 Å². The highest BCUT2D eigenvalue weighted by molar-refractivity contribution is 7.89. The molecule has 11 heteroatoms. The van der Waals surface area contributed by atoms with Gasteiger partial charge in [-0.1, -0.05) is 18.2 Å². The third kappa shape index (κ3) is 7.34. The van der Waals surface area contributed by atoms with Gasteiger partial charge in [-0.2, -0.15) is 4.31 Å². The molecule has 3 aromatic rings. The minimum absolute atomic E-state index is 0.0279. The maximum Gasteiger partial charge on any atom is 0.410 e. The Hall–Kier alpha value is -3.96. The lowest BCUT2D eigenvalue weighted by atomic mass is 10.1. The largest absolute Gasteiger partial charge is 0.494 e. The molecule has 1 aromatic heterocycles. The van der Waals surface area contributed by atoms with Crippen molar-refractivity contribution >= 4 is 22.0 Å². The fourth-order valence-electron chi connectivity index (χ4n) is 5.36. The van der Waals surface area contributed by atoms with Gasteiger partial charge in [0.15, 0.2) is 0 Å². The molecule has 10 nitrogen and oxygen atoms in total. The van der Waals surface area contributed by atoms with Crippen LogP contribution in [0.5, 0.6) is 5.75 Å². The Morgan fingerprint density at radius 2 is 1.63 bits per heavy atom. The van der Waals surface area contributed by atoms with Crippen molar-refractivity contribution in [2.75, 3.05) is 19.7 Å². The average Bonchev–Trinajstić information content (AvgIpc) is 3.39. The predicted molar refractivity (Wildman–Crippen MR) is 161 cm³/mol. The highest BCUT2D eigenvalue weighted by Crippen LogP contribution is 2.46. The first-order valence-electron chi connectivity index (χ1n) is 14.4. The van der Waals surface area contributed by atoms with E-state index >= 15 is 0 Å². The number of likely N-dealkylation sites (tertiary alicyclic amines) is 1. The van der Waals surface area contributed by atoms with Gasteiger partial charge in [0.1, 0.15) is 11.4 Å². The van der Waals surface area contributed by atoms with Gasteiger partial charge in [-0.05, 0) is 81.3 Å². The van der Waals surface area contributed by atoms with Crippen molar-refractivity contribution < 1.29 is 27.5 Å². The molecule has 228 valence electrons. The number of pyridine rings is 1. The van der Waals surface area contributed by atoms with Crippen molar-refractivity contribution in [1.82, 2.24) is 19.5 Å². The molecule has 1 unspecified atom stereocenters. The fraction of sp³-hybridized carbons (Fsp3) is 0.406. The lowest BCUT2D eigenvalue weighted by molar-refractivity contribution is 0.0270. The van der Waals surface area contributed by atoms with E-state index in [0.29, 0.717) is 31.0 Å². The molecule has 2 aromatic carbocycles. The summed E-state index contributed by atoms with van der Waals surface area (Å²) < 4.78 is 39.7. The van der Waals surface area contributed by atoms with E-state index in [1.807, 2.05) is 33.8 Å². The highest BCUT2D eigenvalue weighted by atomic mass is 32.2. The lowest BCUT2D eigenvalue weighted by Crippen LogP contribution is -2.40. The summed E-state index contributed by atoms with van der Waals surface area (Å²) in [5, 5.41) is 3.09. The van der Waals surface area contributed by atoms with Gasteiger partial charge in [-0.15, -0.1) is 0 Å². The summed E-state index contributed by atoms with van der Waals surface area (Å²) in [6.45, 7) is 9.27. The number of carbonyl (C=O) groups excluding carboxylic acids is 2. The lowest BCUT2D eigenvalue weighted by Gasteiger charge is -2.26. The van der Waals surface area contributed by atoms with E-state index in [1.165, 1.54) is 4.31 Å². The van der Waals surface area contributed by atoms with Crippen LogP contribution in [-0.4, -0.2) is 65.9 Å². The number of sulfonamides is 1. The number of nitrogens with zero attached hydrogens (tertiary/aromatic N) is 3. The Morgan fingerprint density at radius 1 is 0.977 bits per heavy atom. The Balaban J connectivity index is 1.22. The number of hydrogen-bond acceptors (Lipinski definition) is 7. The Bertz CT molecular complexity index is 1530. The van der Waals surface area contributed by atoms with Crippen LogP contribution in [0.2, 0.25) is 0 Å². The van der Waals surface area contributed by atoms with E-state index < -0.39 is 15.6 Å². The van der Waals surface area contributed by atoms with Crippen LogP contribution in [0, 0.1) is 11.8 Å². The van der Waals surface area contributed by atoms with E-state index in [2.05, 4.69) is 10.3 Å². The summed E-state index contributed by atoms with van der Waals surface area (Å²) in [7, 11) is -3.86. The fourth-order valence-corrected chi connectivity index (χ4v) is 6.78. The van der Waals surface area contributed by atoms with Crippen molar-refractivity contribution in [3.05, 3.63) is 89.7 Å². The quantitative estimate of drug-likeness (QED) is 0.362. The molecule has 1 aliphatic carbocycles. The summed E-state index contributed by atoms with van der Waals surface area (Å²) in [6.07, 6.45) is 2.97. The zero-order valence-corrected chi connectivity index (χ0v) is 25.7. The van der Waals surface area contributed by atoms with Gasteiger partial charge >= 0.3 is 6.09 Å². The van der Waals surface area contributed by atoms with Gasteiger partial charge in [0.25, 0.3) is 5.91 Å². The first kappa shape index (κ1) is 30.5. The minimum atomic E-state index is -3.86. The molecule has 2 aliphatic rings. The third-order valence-corrected chi connectivity index (χ3v) is 9.38. The second-order valence-corrected chi connectivity index (χ2v) is 13.9. The van der Waals surface area contributed by atoms with Crippen molar-refractivity contribution in [2.45, 2.75) is 57.3 Å². The molecule has 1 N–H and O–H groups in total. The summed E-state index contributed by atoms with van der Waals surface area (Å²) >= 11 is 0. The Kier molecular flexibility index (Phi) is 8.75. The number of carbonyl (C=O) groups is 2. The summed E-state index contributed by atoms with van der Waals surface area (Å²) in [4.78, 5) is 31.3. The number of ether oxygens (including phenoxy) is 2. The van der Waals surface area contributed by atoms with Gasteiger partial charge in [0, 0.05) is 62.0 Å². The van der Waals surface area contributed by atoms with Crippen LogP contribution in [0.15, 0.2) is 78.0 Å². The van der Waals surface area contributed by atoms with E-state index in [1.54, 1.807) is 71.9 Å². The highest BCUT2D eigenvalue weighted by Gasteiger charge is 2.58. The minimum Gasteiger partial charge on any atom is -0.494 e. The van der Waals surface area contributed by atoms with E-state index in [-0.39, 0.29) is 47.9 Å². The molecule has 2 amide bonds. The molecule has 1 saturated carbocycles. The van der Waals surface area contributed by atoms with E-state index in [9.17, 15) is 18.0 Å². The molecule has 0 bridgehead atoms. The first-order valence-corrected chi connectivity index (χ1v) is 15.9. The molecule has 1 saturated heterocycles. The third-order valence-electron chi connectivity index (χ3n) is 7.57. The number of nitrogens with one attached hydrogen (secondary N) is 1. The standard InChI is InChI=1S/C32H38N4O6S/c1-5-41-25-12-14-26(15-13-25)43(39,40)36(19-23-7-6-16-33-17-23)18-22-8-10-24(11-9-22)30(37)34-29-27-20-35(21-28(27)29)31(38)42-32(2,3)4/h6-17,27-29H,5,18-21H2,1-4H3,(H,34,37)/t27-,28+,29?. The molecule has 3 atom stereocenters. The number of piperidine rings is 1. The van der Waals surface area contributed by atoms with E-state index in [0.717, 1.165) is 11.1 Å². The average molecular weight is 607 g/mol. The Labute approximate surface area is 253 Å². The van der Waals surface area contributed by atoms with Crippen LogP contribution in [0.1, 0.15) is 49.2 Å². The molecule has 0 radical (unpaired) electrons. The van der Waals surface area contributed by atoms with Crippen molar-refractivity contribution in [3.63, 3.8) is 0 Å². The summed E-state index contributed by atoms with van der Waals surface area (Å²) in [5.41, 5.74) is 1.45. The number of hydrogen-bond donors (Lipinski definition) is 1. The van der Waals surface area contributed by atoms with Crippen molar-refractivity contribution in [1.29, 1.82) is 0 Å². The maximum atomic E-state index is 13.7. The Morgan fingerprint density at radius 3 is 2.21 bits per heavy atom. The number of aromatic nitrogens is 1. The SMILES string of the molecule is CCOc1ccc(S(=O)(=O)N(Cc2ccc(C(=O)NC3[C@H]4CN(C(=O)OC(C)(C)C)C[C@@H]34)cc2)Cc2cccnc2)cc1. The number of fused-ring (bicyclic) bond motifs is 1. The molecule has 2 heterocycles. The predicted octanol–water partition coefficient (Wildman–Crippen LogP) is 4.47. The monoisotopic (exact) mass is 606 g/mol. The maximum absolute atomic E-state index is 13.7. The van der Waals surface area contributed by atoms with Gasteiger partial charge in [0.2, 0.25) is 10.0 Å². The molecule has 1 aliphatic heterocycles. The van der Waals surface area contributed by atoms with Crippen LogP contribution in [-0.2, 0) is 27.8 Å². The van der Waals surface area contributed by atoms with Crippen LogP contribution >= 0.6 is 0 Å². The van der Waals surface area contributed by atoms with E-state index in [4.69, 9.17) is 9.47 Å². The zero-order chi connectivity index (χ0) is 30.8. The number of benzene rings is 2. The summed E-state index contributed by atoms with van der Waals surface area (Å²) in [5.74, 6) is 0.863.